The van der Waals surface area contributed by atoms with E-state index in [2.05, 4.69) is 0 Å². The van der Waals surface area contributed by atoms with Crippen LogP contribution in [-0.2, 0) is 11.2 Å². The van der Waals surface area contributed by atoms with Gasteiger partial charge in [-0.15, -0.1) is 0 Å². The van der Waals surface area contributed by atoms with Crippen LogP contribution in [0.25, 0.3) is 0 Å². The van der Waals surface area contributed by atoms with E-state index in [-0.39, 0.29) is 11.3 Å². The Morgan fingerprint density at radius 1 is 1.33 bits per heavy atom. The second-order valence-electron chi connectivity index (χ2n) is 3.75. The Hall–Kier alpha value is -1.38. The third-order valence-corrected chi connectivity index (χ3v) is 2.64. The average molecular weight is 208 g/mol. The molecule has 0 radical (unpaired) electrons. The normalized spacial score (nSPS) is 12.5. The lowest BCUT2D eigenvalue weighted by atomic mass is 10.0. The molecule has 3 nitrogen and oxygen atoms in total. The molecule has 0 amide bonds. The molecule has 82 valence electrons. The molecule has 1 atom stereocenters. The zero-order valence-electron chi connectivity index (χ0n) is 9.59. The summed E-state index contributed by atoms with van der Waals surface area (Å²) in [6.07, 6.45) is 1.46. The number of carbonyl (C=O) groups excluding carboxylic acids is 1. The highest BCUT2D eigenvalue weighted by Crippen LogP contribution is 2.19. The van der Waals surface area contributed by atoms with Crippen molar-refractivity contribution in [2.45, 2.75) is 40.0 Å². The Morgan fingerprint density at radius 2 is 1.93 bits per heavy atom. The van der Waals surface area contributed by atoms with Gasteiger partial charge in [-0.1, -0.05) is 6.92 Å². The van der Waals surface area contributed by atoms with E-state index in [4.69, 9.17) is 4.42 Å². The highest BCUT2D eigenvalue weighted by atomic mass is 16.3. The van der Waals surface area contributed by atoms with Crippen LogP contribution >= 0.6 is 0 Å². The van der Waals surface area contributed by atoms with Crippen molar-refractivity contribution in [3.8, 4) is 0 Å². The van der Waals surface area contributed by atoms with E-state index in [9.17, 15) is 9.59 Å². The van der Waals surface area contributed by atoms with Gasteiger partial charge in [0.25, 0.3) is 0 Å². The quantitative estimate of drug-likeness (QED) is 0.715. The number of hydrogen-bond acceptors (Lipinski definition) is 3. The van der Waals surface area contributed by atoms with Crippen molar-refractivity contribution in [3.63, 3.8) is 0 Å². The van der Waals surface area contributed by atoms with Gasteiger partial charge in [0.15, 0.2) is 5.43 Å². The predicted octanol–water partition coefficient (Wildman–Crippen LogP) is 2.12. The molecule has 0 N–H and O–H groups in total. The second kappa shape index (κ2) is 4.43. The predicted molar refractivity (Wildman–Crippen MR) is 58.3 cm³/mol. The Balaban J connectivity index is 3.48. The zero-order valence-corrected chi connectivity index (χ0v) is 9.59. The first kappa shape index (κ1) is 11.7. The number of rotatable bonds is 3. The van der Waals surface area contributed by atoms with Gasteiger partial charge in [0.05, 0.1) is 5.92 Å². The third kappa shape index (κ3) is 2.01. The largest absolute Gasteiger partial charge is 0.465 e. The molecular formula is C12H16O3. The van der Waals surface area contributed by atoms with Gasteiger partial charge in [0.2, 0.25) is 0 Å². The molecule has 0 bridgehead atoms. The topological polar surface area (TPSA) is 47.3 Å². The van der Waals surface area contributed by atoms with Crippen LogP contribution in [0.3, 0.4) is 0 Å². The van der Waals surface area contributed by atoms with Crippen molar-refractivity contribution in [3.05, 3.63) is 32.9 Å². The smallest absolute Gasteiger partial charge is 0.191 e. The maximum absolute atomic E-state index is 11.8. The highest BCUT2D eigenvalue weighted by molar-refractivity contribution is 5.60. The summed E-state index contributed by atoms with van der Waals surface area (Å²) in [5, 5.41) is 0. The minimum absolute atomic E-state index is 0.0122. The molecule has 1 aromatic heterocycles. The van der Waals surface area contributed by atoms with Crippen molar-refractivity contribution in [2.75, 3.05) is 0 Å². The van der Waals surface area contributed by atoms with Gasteiger partial charge in [-0.2, -0.15) is 0 Å². The first-order valence-corrected chi connectivity index (χ1v) is 5.11. The Morgan fingerprint density at radius 3 is 2.40 bits per heavy atom. The molecule has 1 heterocycles. The minimum Gasteiger partial charge on any atom is -0.465 e. The summed E-state index contributed by atoms with van der Waals surface area (Å²) in [6.45, 7) is 7.11. The molecule has 1 rings (SSSR count). The van der Waals surface area contributed by atoms with Gasteiger partial charge in [-0.3, -0.25) is 4.79 Å². The summed E-state index contributed by atoms with van der Waals surface area (Å²) in [5.41, 5.74) is 1.18. The number of hydrogen-bond donors (Lipinski definition) is 0. The van der Waals surface area contributed by atoms with Gasteiger partial charge in [-0.25, -0.2) is 0 Å². The molecule has 0 aromatic carbocycles. The third-order valence-electron chi connectivity index (χ3n) is 2.64. The molecule has 0 fully saturated rings. The molecule has 0 aliphatic rings. The van der Waals surface area contributed by atoms with E-state index in [1.165, 1.54) is 0 Å². The standard InChI is InChI=1S/C12H16O3/c1-5-10-8(3)11(14)9(4)12(15-10)7(2)6-13/h6-7H,5H2,1-4H3/t7-/m1/s1. The van der Waals surface area contributed by atoms with Crippen molar-refractivity contribution in [1.29, 1.82) is 0 Å². The first-order valence-electron chi connectivity index (χ1n) is 5.11. The van der Waals surface area contributed by atoms with Crippen molar-refractivity contribution in [1.82, 2.24) is 0 Å². The van der Waals surface area contributed by atoms with Crippen LogP contribution in [0.2, 0.25) is 0 Å². The fraction of sp³-hybridized carbons (Fsp3) is 0.500. The average Bonchev–Trinajstić information content (AvgIpc) is 2.25. The van der Waals surface area contributed by atoms with E-state index < -0.39 is 0 Å². The summed E-state index contributed by atoms with van der Waals surface area (Å²) in [7, 11) is 0. The highest BCUT2D eigenvalue weighted by Gasteiger charge is 2.16. The molecular weight excluding hydrogens is 192 g/mol. The Bertz CT molecular complexity index is 429. The number of aryl methyl sites for hydroxylation is 1. The lowest BCUT2D eigenvalue weighted by molar-refractivity contribution is -0.109. The first-order chi connectivity index (χ1) is 7.02. The van der Waals surface area contributed by atoms with Crippen LogP contribution in [0.5, 0.6) is 0 Å². The van der Waals surface area contributed by atoms with Gasteiger partial charge in [-0.05, 0) is 20.8 Å². The monoisotopic (exact) mass is 208 g/mol. The molecule has 15 heavy (non-hydrogen) atoms. The maximum Gasteiger partial charge on any atom is 0.191 e. The van der Waals surface area contributed by atoms with Crippen molar-refractivity contribution >= 4 is 6.29 Å². The van der Waals surface area contributed by atoms with Gasteiger partial charge in [0, 0.05) is 17.5 Å². The number of aldehydes is 1. The van der Waals surface area contributed by atoms with Gasteiger partial charge in [0.1, 0.15) is 17.8 Å². The van der Waals surface area contributed by atoms with Gasteiger partial charge >= 0.3 is 0 Å². The fourth-order valence-corrected chi connectivity index (χ4v) is 1.64. The summed E-state index contributed by atoms with van der Waals surface area (Å²) >= 11 is 0. The molecule has 0 aliphatic heterocycles. The molecule has 0 spiro atoms. The molecule has 1 aromatic rings. The molecule has 0 saturated heterocycles. The Labute approximate surface area is 89.1 Å². The van der Waals surface area contributed by atoms with Crippen molar-refractivity contribution in [2.24, 2.45) is 0 Å². The summed E-state index contributed by atoms with van der Waals surface area (Å²) in [6, 6.07) is 0. The maximum atomic E-state index is 11.8. The SMILES string of the molecule is CCc1oc([C@H](C)C=O)c(C)c(=O)c1C. The van der Waals surface area contributed by atoms with E-state index in [0.717, 1.165) is 6.29 Å². The zero-order chi connectivity index (χ0) is 11.6. The lowest BCUT2D eigenvalue weighted by Crippen LogP contribution is -2.16. The van der Waals surface area contributed by atoms with Crippen LogP contribution in [0.4, 0.5) is 0 Å². The lowest BCUT2D eigenvalue weighted by Gasteiger charge is -2.11. The molecule has 0 unspecified atom stereocenters. The van der Waals surface area contributed by atoms with Gasteiger partial charge < -0.3 is 9.21 Å². The summed E-state index contributed by atoms with van der Waals surface area (Å²) in [4.78, 5) is 22.5. The fourth-order valence-electron chi connectivity index (χ4n) is 1.64. The van der Waals surface area contributed by atoms with Crippen LogP contribution in [0, 0.1) is 13.8 Å². The van der Waals surface area contributed by atoms with E-state index in [1.807, 2.05) is 6.92 Å². The minimum atomic E-state index is -0.358. The summed E-state index contributed by atoms with van der Waals surface area (Å²) in [5.74, 6) is 0.815. The molecule has 0 saturated carbocycles. The van der Waals surface area contributed by atoms with Crippen LogP contribution < -0.4 is 5.43 Å². The Kier molecular flexibility index (Phi) is 3.45. The molecule has 3 heteroatoms. The van der Waals surface area contributed by atoms with E-state index in [1.54, 1.807) is 20.8 Å². The second-order valence-corrected chi connectivity index (χ2v) is 3.75. The van der Waals surface area contributed by atoms with E-state index >= 15 is 0 Å². The van der Waals surface area contributed by atoms with Crippen LogP contribution in [-0.4, -0.2) is 6.29 Å². The van der Waals surface area contributed by atoms with Crippen molar-refractivity contribution < 1.29 is 9.21 Å². The van der Waals surface area contributed by atoms with E-state index in [0.29, 0.717) is 29.1 Å². The number of carbonyl (C=O) groups is 1. The van der Waals surface area contributed by atoms with Crippen LogP contribution in [0.15, 0.2) is 9.21 Å². The summed E-state index contributed by atoms with van der Waals surface area (Å²) < 4.78 is 5.59. The molecule has 0 aliphatic carbocycles. The van der Waals surface area contributed by atoms with Crippen LogP contribution in [0.1, 0.15) is 42.4 Å².